The van der Waals surface area contributed by atoms with Gasteiger partial charge in [-0.15, -0.1) is 10.2 Å². The van der Waals surface area contributed by atoms with E-state index < -0.39 is 11.9 Å². The smallest absolute Gasteiger partial charge is 0.322 e. The normalized spacial score (nSPS) is 11.5. The van der Waals surface area contributed by atoms with E-state index in [9.17, 15) is 18.0 Å². The number of halogens is 3. The van der Waals surface area contributed by atoms with Crippen LogP contribution in [-0.4, -0.2) is 30.5 Å². The van der Waals surface area contributed by atoms with Crippen molar-refractivity contribution in [3.63, 3.8) is 0 Å². The molecule has 0 spiro atoms. The van der Waals surface area contributed by atoms with Crippen LogP contribution < -0.4 is 5.32 Å². The second-order valence-corrected chi connectivity index (χ2v) is 6.49. The summed E-state index contributed by atoms with van der Waals surface area (Å²) in [6, 6.07) is 14.2. The standard InChI is InChI=1S/C20H15F3N6O/c1-28-12-24-26-18(28)14-3-2-4-15(11-14)25-19(30)13-5-7-16(8-6-13)29-10-9-17(27-29)20(21,22)23/h2-12H,1H3,(H,25,30). The average Bonchev–Trinajstić information content (AvgIpc) is 3.37. The first-order valence-electron chi connectivity index (χ1n) is 8.80. The number of hydrogen-bond donors (Lipinski definition) is 1. The number of aromatic nitrogens is 5. The molecular weight excluding hydrogens is 397 g/mol. The van der Waals surface area contributed by atoms with Gasteiger partial charge in [-0.3, -0.25) is 4.79 Å². The molecule has 0 radical (unpaired) electrons. The Labute approximate surface area is 168 Å². The highest BCUT2D eigenvalue weighted by atomic mass is 19.4. The number of carbonyl (C=O) groups excluding carboxylic acids is 1. The zero-order chi connectivity index (χ0) is 21.3. The summed E-state index contributed by atoms with van der Waals surface area (Å²) in [6.07, 6.45) is -1.71. The predicted octanol–water partition coefficient (Wildman–Crippen LogP) is 3.94. The number of rotatable bonds is 4. The van der Waals surface area contributed by atoms with Gasteiger partial charge in [-0.2, -0.15) is 18.3 Å². The molecule has 7 nitrogen and oxygen atoms in total. The van der Waals surface area contributed by atoms with Crippen LogP contribution >= 0.6 is 0 Å². The Balaban J connectivity index is 1.50. The molecule has 0 unspecified atom stereocenters. The molecule has 0 aliphatic carbocycles. The number of alkyl halides is 3. The molecule has 0 bridgehead atoms. The van der Waals surface area contributed by atoms with Gasteiger partial charge in [0.15, 0.2) is 11.5 Å². The first-order valence-corrected chi connectivity index (χ1v) is 8.80. The zero-order valence-electron chi connectivity index (χ0n) is 15.6. The van der Waals surface area contributed by atoms with E-state index in [-0.39, 0.29) is 5.91 Å². The molecule has 0 saturated carbocycles. The number of hydrogen-bond acceptors (Lipinski definition) is 4. The molecule has 1 N–H and O–H groups in total. The third-order valence-electron chi connectivity index (χ3n) is 4.36. The zero-order valence-corrected chi connectivity index (χ0v) is 15.6. The Morgan fingerprint density at radius 3 is 2.47 bits per heavy atom. The molecule has 0 atom stereocenters. The van der Waals surface area contributed by atoms with Gasteiger partial charge in [-0.25, -0.2) is 4.68 Å². The summed E-state index contributed by atoms with van der Waals surface area (Å²) in [5.41, 5.74) is 1.15. The fraction of sp³-hybridized carbons (Fsp3) is 0.100. The van der Waals surface area contributed by atoms with Gasteiger partial charge < -0.3 is 9.88 Å². The molecule has 152 valence electrons. The fourth-order valence-electron chi connectivity index (χ4n) is 2.87. The molecule has 10 heteroatoms. The molecule has 2 aromatic heterocycles. The summed E-state index contributed by atoms with van der Waals surface area (Å²) in [5, 5.41) is 14.2. The number of nitrogens with one attached hydrogen (secondary N) is 1. The van der Waals surface area contributed by atoms with Crippen LogP contribution in [-0.2, 0) is 13.2 Å². The van der Waals surface area contributed by atoms with Crippen LogP contribution in [0.15, 0.2) is 67.1 Å². The predicted molar refractivity (Wildman–Crippen MR) is 103 cm³/mol. The van der Waals surface area contributed by atoms with Gasteiger partial charge in [0.1, 0.15) is 6.33 Å². The largest absolute Gasteiger partial charge is 0.435 e. The van der Waals surface area contributed by atoms with Crippen LogP contribution in [0.2, 0.25) is 0 Å². The number of nitrogens with zero attached hydrogens (tertiary/aromatic N) is 5. The Morgan fingerprint density at radius 2 is 1.83 bits per heavy atom. The first-order chi connectivity index (χ1) is 14.3. The summed E-state index contributed by atoms with van der Waals surface area (Å²) < 4.78 is 41.0. The minimum atomic E-state index is -4.51. The second kappa shape index (κ2) is 7.47. The van der Waals surface area contributed by atoms with Crippen LogP contribution in [0, 0.1) is 0 Å². The highest BCUT2D eigenvalue weighted by Gasteiger charge is 2.33. The van der Waals surface area contributed by atoms with E-state index in [2.05, 4.69) is 20.6 Å². The van der Waals surface area contributed by atoms with Gasteiger partial charge in [0, 0.05) is 30.1 Å². The van der Waals surface area contributed by atoms with Crippen molar-refractivity contribution in [2.45, 2.75) is 6.18 Å². The minimum absolute atomic E-state index is 0.353. The Bertz CT molecular complexity index is 1190. The quantitative estimate of drug-likeness (QED) is 0.551. The molecule has 4 aromatic rings. The fourth-order valence-corrected chi connectivity index (χ4v) is 2.87. The maximum atomic E-state index is 12.7. The minimum Gasteiger partial charge on any atom is -0.322 e. The lowest BCUT2D eigenvalue weighted by Gasteiger charge is -2.08. The summed E-state index contributed by atoms with van der Waals surface area (Å²) in [4.78, 5) is 12.5. The van der Waals surface area contributed by atoms with E-state index in [4.69, 9.17) is 0 Å². The van der Waals surface area contributed by atoms with Gasteiger partial charge in [0.25, 0.3) is 5.91 Å². The van der Waals surface area contributed by atoms with Gasteiger partial charge >= 0.3 is 6.18 Å². The molecule has 0 aliphatic rings. The summed E-state index contributed by atoms with van der Waals surface area (Å²) in [7, 11) is 1.82. The van der Waals surface area contributed by atoms with Crippen molar-refractivity contribution in [3.05, 3.63) is 78.4 Å². The van der Waals surface area contributed by atoms with E-state index >= 15 is 0 Å². The van der Waals surface area contributed by atoms with Crippen molar-refractivity contribution in [2.75, 3.05) is 5.32 Å². The van der Waals surface area contributed by atoms with Crippen LogP contribution in [0.1, 0.15) is 16.1 Å². The lowest BCUT2D eigenvalue weighted by molar-refractivity contribution is -0.141. The Morgan fingerprint density at radius 1 is 1.07 bits per heavy atom. The van der Waals surface area contributed by atoms with Crippen LogP contribution in [0.25, 0.3) is 17.1 Å². The van der Waals surface area contributed by atoms with Gasteiger partial charge in [0.05, 0.1) is 5.69 Å². The first kappa shape index (κ1) is 19.4. The monoisotopic (exact) mass is 412 g/mol. The van der Waals surface area contributed by atoms with Crippen LogP contribution in [0.3, 0.4) is 0 Å². The van der Waals surface area contributed by atoms with E-state index in [1.165, 1.54) is 30.5 Å². The highest BCUT2D eigenvalue weighted by Crippen LogP contribution is 2.28. The molecule has 2 aromatic carbocycles. The lowest BCUT2D eigenvalue weighted by atomic mass is 10.1. The molecule has 30 heavy (non-hydrogen) atoms. The third-order valence-corrected chi connectivity index (χ3v) is 4.36. The second-order valence-electron chi connectivity index (χ2n) is 6.49. The number of benzene rings is 2. The molecular formula is C20H15F3N6O. The lowest BCUT2D eigenvalue weighted by Crippen LogP contribution is -2.12. The van der Waals surface area contributed by atoms with Gasteiger partial charge in [-0.1, -0.05) is 12.1 Å². The van der Waals surface area contributed by atoms with Crippen molar-refractivity contribution < 1.29 is 18.0 Å². The van der Waals surface area contributed by atoms with E-state index in [1.807, 2.05) is 13.1 Å². The molecule has 2 heterocycles. The number of carbonyl (C=O) groups is 1. The highest BCUT2D eigenvalue weighted by molar-refractivity contribution is 6.04. The molecule has 0 aliphatic heterocycles. The molecule has 1 amide bonds. The molecule has 0 saturated heterocycles. The van der Waals surface area contributed by atoms with Crippen molar-refractivity contribution in [1.82, 2.24) is 24.5 Å². The topological polar surface area (TPSA) is 77.6 Å². The van der Waals surface area contributed by atoms with Crippen molar-refractivity contribution >= 4 is 11.6 Å². The van der Waals surface area contributed by atoms with Crippen LogP contribution in [0.5, 0.6) is 0 Å². The third kappa shape index (κ3) is 3.93. The number of aryl methyl sites for hydroxylation is 1. The van der Waals surface area contributed by atoms with E-state index in [0.29, 0.717) is 22.8 Å². The maximum Gasteiger partial charge on any atom is 0.435 e. The molecule has 4 rings (SSSR count). The Hall–Kier alpha value is -3.95. The average molecular weight is 412 g/mol. The maximum absolute atomic E-state index is 12.7. The number of amides is 1. The van der Waals surface area contributed by atoms with E-state index in [0.717, 1.165) is 16.3 Å². The SMILES string of the molecule is Cn1cnnc1-c1cccc(NC(=O)c2ccc(-n3ccc(C(F)(F)F)n3)cc2)c1. The molecule has 0 fully saturated rings. The summed E-state index contributed by atoms with van der Waals surface area (Å²) in [5.74, 6) is 0.306. The van der Waals surface area contributed by atoms with Gasteiger partial charge in [-0.05, 0) is 42.5 Å². The summed E-state index contributed by atoms with van der Waals surface area (Å²) in [6.45, 7) is 0. The van der Waals surface area contributed by atoms with Gasteiger partial charge in [0.2, 0.25) is 0 Å². The van der Waals surface area contributed by atoms with Crippen molar-refractivity contribution in [1.29, 1.82) is 0 Å². The van der Waals surface area contributed by atoms with Crippen molar-refractivity contribution in [2.24, 2.45) is 7.05 Å². The number of anilines is 1. The van der Waals surface area contributed by atoms with E-state index in [1.54, 1.807) is 29.1 Å². The Kier molecular flexibility index (Phi) is 4.82. The van der Waals surface area contributed by atoms with Crippen molar-refractivity contribution in [3.8, 4) is 17.1 Å². The summed E-state index contributed by atoms with van der Waals surface area (Å²) >= 11 is 0. The van der Waals surface area contributed by atoms with Crippen LogP contribution in [0.4, 0.5) is 18.9 Å².